The highest BCUT2D eigenvalue weighted by molar-refractivity contribution is 9.09. The van der Waals surface area contributed by atoms with Gasteiger partial charge in [-0.2, -0.15) is 4.99 Å². The Morgan fingerprint density at radius 3 is 2.86 bits per heavy atom. The number of nitrogens with two attached hydrogens (primary N) is 1. The van der Waals surface area contributed by atoms with Gasteiger partial charge in [-0.15, -0.1) is 0 Å². The van der Waals surface area contributed by atoms with E-state index in [-0.39, 0.29) is 0 Å². The molecule has 0 heterocycles. The molecule has 0 fully saturated rings. The van der Waals surface area contributed by atoms with Crippen molar-refractivity contribution in [2.75, 3.05) is 5.33 Å². The molecule has 4 heteroatoms. The van der Waals surface area contributed by atoms with Gasteiger partial charge in [-0.3, -0.25) is 0 Å². The third-order valence-electron chi connectivity index (χ3n) is 1.91. The van der Waals surface area contributed by atoms with E-state index < -0.39 is 0 Å². The highest BCUT2D eigenvalue weighted by atomic mass is 79.9. The molecule has 2 nitrogen and oxygen atoms in total. The monoisotopic (exact) mass is 270 g/mol. The first kappa shape index (κ1) is 11.5. The van der Waals surface area contributed by atoms with Gasteiger partial charge in [0.1, 0.15) is 0 Å². The first-order valence-corrected chi connectivity index (χ1v) is 5.80. The van der Waals surface area contributed by atoms with Gasteiger partial charge in [0.25, 0.3) is 0 Å². The predicted molar refractivity (Wildman–Crippen MR) is 66.5 cm³/mol. The number of rotatable bonds is 4. The lowest BCUT2D eigenvalue weighted by atomic mass is 10.1. The van der Waals surface area contributed by atoms with Crippen molar-refractivity contribution in [1.82, 2.24) is 0 Å². The number of thiocarbonyl (C=S) groups is 1. The van der Waals surface area contributed by atoms with Gasteiger partial charge in [-0.05, 0) is 35.8 Å². The zero-order chi connectivity index (χ0) is 10.4. The number of hydrogen-bond acceptors (Lipinski definition) is 3. The first-order valence-electron chi connectivity index (χ1n) is 4.27. The molecule has 0 aromatic heterocycles. The van der Waals surface area contributed by atoms with Crippen LogP contribution in [0.15, 0.2) is 23.2 Å². The number of isothiocyanates is 1. The fourth-order valence-electron chi connectivity index (χ4n) is 1.23. The maximum atomic E-state index is 5.61. The molecule has 0 aliphatic rings. The van der Waals surface area contributed by atoms with E-state index in [4.69, 9.17) is 5.73 Å². The molecule has 1 aromatic rings. The summed E-state index contributed by atoms with van der Waals surface area (Å²) >= 11 is 7.96. The normalized spacial score (nSPS) is 9.57. The average molecular weight is 271 g/mol. The summed E-state index contributed by atoms with van der Waals surface area (Å²) in [5.41, 5.74) is 8.70. The zero-order valence-electron chi connectivity index (χ0n) is 7.66. The largest absolute Gasteiger partial charge is 0.326 e. The lowest BCUT2D eigenvalue weighted by Crippen LogP contribution is -1.98. The van der Waals surface area contributed by atoms with Crippen molar-refractivity contribution in [3.8, 4) is 0 Å². The Labute approximate surface area is 97.4 Å². The van der Waals surface area contributed by atoms with Crippen LogP contribution in [0.3, 0.4) is 0 Å². The van der Waals surface area contributed by atoms with E-state index in [1.165, 1.54) is 5.56 Å². The first-order chi connectivity index (χ1) is 6.81. The van der Waals surface area contributed by atoms with Crippen molar-refractivity contribution in [3.63, 3.8) is 0 Å². The minimum Gasteiger partial charge on any atom is -0.326 e. The number of halogens is 1. The van der Waals surface area contributed by atoms with Crippen LogP contribution in [0.2, 0.25) is 0 Å². The maximum Gasteiger partial charge on any atom is 0.0784 e. The summed E-state index contributed by atoms with van der Waals surface area (Å²) in [6.07, 6.45) is 0.995. The molecule has 0 unspecified atom stereocenters. The molecule has 0 aliphatic carbocycles. The molecule has 0 saturated heterocycles. The van der Waals surface area contributed by atoms with Gasteiger partial charge < -0.3 is 5.73 Å². The molecule has 0 spiro atoms. The van der Waals surface area contributed by atoms with Crippen LogP contribution in [0.25, 0.3) is 0 Å². The van der Waals surface area contributed by atoms with Crippen LogP contribution in [0.1, 0.15) is 11.1 Å². The summed E-state index contributed by atoms with van der Waals surface area (Å²) < 4.78 is 0. The van der Waals surface area contributed by atoms with Gasteiger partial charge in [0.05, 0.1) is 10.8 Å². The predicted octanol–water partition coefficient (Wildman–Crippen LogP) is 2.82. The highest BCUT2D eigenvalue weighted by Gasteiger charge is 2.00. The Bertz CT molecular complexity index is 359. The Balaban J connectivity index is 3.04. The summed E-state index contributed by atoms with van der Waals surface area (Å²) in [4.78, 5) is 3.95. The summed E-state index contributed by atoms with van der Waals surface area (Å²) in [7, 11) is 0. The topological polar surface area (TPSA) is 38.4 Å². The second-order valence-corrected chi connectivity index (χ2v) is 3.78. The number of alkyl halides is 1. The SMILES string of the molecule is NCc1cc(CCBr)ccc1N=C=S. The van der Waals surface area contributed by atoms with Gasteiger partial charge in [0.15, 0.2) is 0 Å². The van der Waals surface area contributed by atoms with E-state index in [1.807, 2.05) is 12.1 Å². The average Bonchev–Trinajstić information content (AvgIpc) is 2.21. The molecule has 1 rings (SSSR count). The Hall–Kier alpha value is -0.540. The Kier molecular flexibility index (Phi) is 4.98. The fourth-order valence-corrected chi connectivity index (χ4v) is 1.78. The smallest absolute Gasteiger partial charge is 0.0784 e. The molecule has 0 atom stereocenters. The van der Waals surface area contributed by atoms with E-state index >= 15 is 0 Å². The summed E-state index contributed by atoms with van der Waals surface area (Å²) in [6.45, 7) is 0.478. The molecular formula is C10H11BrN2S. The molecule has 1 aromatic carbocycles. The second kappa shape index (κ2) is 6.04. The number of benzene rings is 1. The van der Waals surface area contributed by atoms with Crippen molar-refractivity contribution in [1.29, 1.82) is 0 Å². The van der Waals surface area contributed by atoms with Crippen LogP contribution in [0.4, 0.5) is 5.69 Å². The quantitative estimate of drug-likeness (QED) is 0.519. The van der Waals surface area contributed by atoms with Crippen LogP contribution in [-0.4, -0.2) is 10.5 Å². The molecule has 2 N–H and O–H groups in total. The number of aryl methyl sites for hydroxylation is 1. The molecule has 0 bridgehead atoms. The minimum atomic E-state index is 0.478. The molecular weight excluding hydrogens is 260 g/mol. The minimum absolute atomic E-state index is 0.478. The van der Waals surface area contributed by atoms with Crippen LogP contribution in [0, 0.1) is 0 Å². The molecule has 74 valence electrons. The Morgan fingerprint density at radius 1 is 1.50 bits per heavy atom. The van der Waals surface area contributed by atoms with Crippen molar-refractivity contribution in [2.24, 2.45) is 10.7 Å². The second-order valence-electron chi connectivity index (χ2n) is 2.81. The lowest BCUT2D eigenvalue weighted by Gasteiger charge is -2.04. The number of aliphatic imine (C=N–C) groups is 1. The third-order valence-corrected chi connectivity index (χ3v) is 2.40. The van der Waals surface area contributed by atoms with Gasteiger partial charge in [0.2, 0.25) is 0 Å². The summed E-state index contributed by atoms with van der Waals surface area (Å²) in [6, 6.07) is 6.03. The fraction of sp³-hybridized carbons (Fsp3) is 0.300. The van der Waals surface area contributed by atoms with E-state index in [9.17, 15) is 0 Å². The van der Waals surface area contributed by atoms with Crippen molar-refractivity contribution >= 4 is 39.0 Å². The van der Waals surface area contributed by atoms with Gasteiger partial charge in [-0.25, -0.2) is 0 Å². The standard InChI is InChI=1S/C10H11BrN2S/c11-4-3-8-1-2-10(13-7-14)9(5-8)6-12/h1-2,5H,3-4,6,12H2. The summed E-state index contributed by atoms with van der Waals surface area (Å²) in [5, 5.41) is 3.30. The van der Waals surface area contributed by atoms with Gasteiger partial charge in [0, 0.05) is 11.9 Å². The van der Waals surface area contributed by atoms with Crippen LogP contribution < -0.4 is 5.73 Å². The van der Waals surface area contributed by atoms with Crippen LogP contribution >= 0.6 is 28.1 Å². The maximum absolute atomic E-state index is 5.61. The number of nitrogens with zero attached hydrogens (tertiary/aromatic N) is 1. The van der Waals surface area contributed by atoms with Crippen molar-refractivity contribution in [2.45, 2.75) is 13.0 Å². The summed E-state index contributed by atoms with van der Waals surface area (Å²) in [5.74, 6) is 0. The molecule has 0 amide bonds. The van der Waals surface area contributed by atoms with E-state index in [0.29, 0.717) is 6.54 Å². The van der Waals surface area contributed by atoms with Gasteiger partial charge in [-0.1, -0.05) is 28.1 Å². The molecule has 14 heavy (non-hydrogen) atoms. The number of hydrogen-bond donors (Lipinski definition) is 1. The molecule has 0 saturated carbocycles. The van der Waals surface area contributed by atoms with E-state index in [0.717, 1.165) is 23.0 Å². The molecule has 0 radical (unpaired) electrons. The van der Waals surface area contributed by atoms with Crippen molar-refractivity contribution in [3.05, 3.63) is 29.3 Å². The van der Waals surface area contributed by atoms with E-state index in [1.54, 1.807) is 0 Å². The van der Waals surface area contributed by atoms with Crippen LogP contribution in [0.5, 0.6) is 0 Å². The zero-order valence-corrected chi connectivity index (χ0v) is 10.1. The Morgan fingerprint density at radius 2 is 2.29 bits per heavy atom. The van der Waals surface area contributed by atoms with E-state index in [2.05, 4.69) is 44.4 Å². The molecule has 0 aliphatic heterocycles. The van der Waals surface area contributed by atoms with Gasteiger partial charge >= 0.3 is 0 Å². The highest BCUT2D eigenvalue weighted by Crippen LogP contribution is 2.20. The van der Waals surface area contributed by atoms with Crippen LogP contribution in [-0.2, 0) is 13.0 Å². The van der Waals surface area contributed by atoms with Crippen molar-refractivity contribution < 1.29 is 0 Å². The lowest BCUT2D eigenvalue weighted by molar-refractivity contribution is 1.05. The third kappa shape index (κ3) is 3.00.